The van der Waals surface area contributed by atoms with Gasteiger partial charge >= 0.3 is 0 Å². The number of carbonyl (C=O) groups is 1. The molecule has 0 unspecified atom stereocenters. The maximum atomic E-state index is 12.1. The van der Waals surface area contributed by atoms with Gasteiger partial charge in [0, 0.05) is 44.4 Å². The quantitative estimate of drug-likeness (QED) is 0.612. The average molecular weight is 334 g/mol. The van der Waals surface area contributed by atoms with Crippen LogP contribution in [-0.2, 0) is 4.79 Å². The largest absolute Gasteiger partial charge is 0.356 e. The molecule has 5 nitrogen and oxygen atoms in total. The molecular formula is C17H26N4OS. The van der Waals surface area contributed by atoms with Crippen molar-refractivity contribution in [3.63, 3.8) is 0 Å². The molecular weight excluding hydrogens is 308 g/mol. The van der Waals surface area contributed by atoms with E-state index in [9.17, 15) is 4.79 Å². The molecule has 1 aliphatic carbocycles. The van der Waals surface area contributed by atoms with Crippen molar-refractivity contribution < 1.29 is 4.79 Å². The van der Waals surface area contributed by atoms with Crippen molar-refractivity contribution in [1.82, 2.24) is 14.9 Å². The Morgan fingerprint density at radius 2 is 2.00 bits per heavy atom. The molecule has 3 rings (SSSR count). The molecule has 0 spiro atoms. The van der Waals surface area contributed by atoms with Crippen LogP contribution in [0, 0.1) is 18.8 Å². The molecule has 1 amide bonds. The molecule has 1 aromatic heterocycles. The fourth-order valence-corrected chi connectivity index (χ4v) is 3.66. The molecule has 23 heavy (non-hydrogen) atoms. The van der Waals surface area contributed by atoms with Gasteiger partial charge in [-0.1, -0.05) is 11.8 Å². The molecule has 0 N–H and O–H groups in total. The summed E-state index contributed by atoms with van der Waals surface area (Å²) in [6.07, 6.45) is 6.44. The lowest BCUT2D eigenvalue weighted by molar-refractivity contribution is -0.131. The average Bonchev–Trinajstić information content (AvgIpc) is 3.39. The molecule has 2 heterocycles. The van der Waals surface area contributed by atoms with Gasteiger partial charge in [-0.15, -0.1) is 0 Å². The highest BCUT2D eigenvalue weighted by atomic mass is 32.2. The molecule has 1 saturated heterocycles. The first kappa shape index (κ1) is 16.6. The number of hydrogen-bond acceptors (Lipinski definition) is 5. The number of hydrogen-bond donors (Lipinski definition) is 0. The Hall–Kier alpha value is -1.30. The van der Waals surface area contributed by atoms with Gasteiger partial charge < -0.3 is 9.80 Å². The minimum absolute atomic E-state index is 0.328. The lowest BCUT2D eigenvalue weighted by Gasteiger charge is -2.34. The number of aromatic nitrogens is 2. The third-order valence-corrected chi connectivity index (χ3v) is 5.32. The van der Waals surface area contributed by atoms with Crippen LogP contribution in [0.25, 0.3) is 0 Å². The Labute approximate surface area is 142 Å². The summed E-state index contributed by atoms with van der Waals surface area (Å²) in [7, 11) is 1.96. The standard InChI is InChI=1S/C17H26N4OS/c1-12-10-15(19-17(18-12)23-3)21-8-6-13(7-9-21)11-20(2)16(22)14-4-5-14/h10,13-14H,4-9,11H2,1-3H3. The summed E-state index contributed by atoms with van der Waals surface area (Å²) in [6.45, 7) is 4.96. The van der Waals surface area contributed by atoms with Gasteiger partial charge in [-0.25, -0.2) is 9.97 Å². The van der Waals surface area contributed by atoms with Crippen LogP contribution in [0.5, 0.6) is 0 Å². The van der Waals surface area contributed by atoms with Crippen LogP contribution in [-0.4, -0.2) is 53.7 Å². The number of nitrogens with zero attached hydrogens (tertiary/aromatic N) is 4. The van der Waals surface area contributed by atoms with E-state index in [4.69, 9.17) is 0 Å². The van der Waals surface area contributed by atoms with Crippen LogP contribution in [0.2, 0.25) is 0 Å². The van der Waals surface area contributed by atoms with E-state index >= 15 is 0 Å². The topological polar surface area (TPSA) is 49.3 Å². The second-order valence-corrected chi connectivity index (χ2v) is 7.55. The minimum Gasteiger partial charge on any atom is -0.356 e. The normalized spacial score (nSPS) is 19.0. The zero-order chi connectivity index (χ0) is 16.4. The van der Waals surface area contributed by atoms with Crippen LogP contribution in [0.1, 0.15) is 31.4 Å². The van der Waals surface area contributed by atoms with Crippen LogP contribution in [0.4, 0.5) is 5.82 Å². The maximum Gasteiger partial charge on any atom is 0.225 e. The predicted octanol–water partition coefficient (Wildman–Crippen LogP) is 2.59. The van der Waals surface area contributed by atoms with E-state index in [-0.39, 0.29) is 0 Å². The van der Waals surface area contributed by atoms with E-state index in [1.54, 1.807) is 11.8 Å². The maximum absolute atomic E-state index is 12.1. The summed E-state index contributed by atoms with van der Waals surface area (Å²) in [5.74, 6) is 2.34. The predicted molar refractivity (Wildman–Crippen MR) is 93.8 cm³/mol. The zero-order valence-corrected chi connectivity index (χ0v) is 15.1. The van der Waals surface area contributed by atoms with E-state index in [0.29, 0.717) is 17.7 Å². The highest BCUT2D eigenvalue weighted by Crippen LogP contribution is 2.31. The number of thioether (sulfide) groups is 1. The van der Waals surface area contributed by atoms with Crippen LogP contribution in [0.3, 0.4) is 0 Å². The first-order valence-corrected chi connectivity index (χ1v) is 9.69. The SMILES string of the molecule is CSc1nc(C)cc(N2CCC(CN(C)C(=O)C3CC3)CC2)n1. The summed E-state index contributed by atoms with van der Waals surface area (Å²) in [5, 5.41) is 0.844. The van der Waals surface area contributed by atoms with Gasteiger partial charge in [0.05, 0.1) is 0 Å². The molecule has 0 radical (unpaired) electrons. The van der Waals surface area contributed by atoms with Gasteiger partial charge in [0.25, 0.3) is 0 Å². The summed E-state index contributed by atoms with van der Waals surface area (Å²) in [4.78, 5) is 25.4. The number of rotatable bonds is 5. The third kappa shape index (κ3) is 4.16. The molecule has 0 atom stereocenters. The second kappa shape index (κ2) is 7.07. The summed E-state index contributed by atoms with van der Waals surface area (Å²) in [5.41, 5.74) is 1.02. The third-order valence-electron chi connectivity index (χ3n) is 4.78. The lowest BCUT2D eigenvalue weighted by Crippen LogP contribution is -2.40. The van der Waals surface area contributed by atoms with Gasteiger partial charge in [0.2, 0.25) is 5.91 Å². The monoisotopic (exact) mass is 334 g/mol. The van der Waals surface area contributed by atoms with Crippen molar-refractivity contribution in [3.05, 3.63) is 11.8 Å². The Balaban J connectivity index is 1.53. The highest BCUT2D eigenvalue weighted by molar-refractivity contribution is 7.98. The number of anilines is 1. The first-order chi connectivity index (χ1) is 11.1. The number of carbonyl (C=O) groups excluding carboxylic acids is 1. The Morgan fingerprint density at radius 3 is 2.61 bits per heavy atom. The fourth-order valence-electron chi connectivity index (χ4n) is 3.24. The summed E-state index contributed by atoms with van der Waals surface area (Å²) < 4.78 is 0. The summed E-state index contributed by atoms with van der Waals surface area (Å²) >= 11 is 1.59. The second-order valence-electron chi connectivity index (χ2n) is 6.78. The minimum atomic E-state index is 0.328. The molecule has 1 aliphatic heterocycles. The Kier molecular flexibility index (Phi) is 5.09. The Morgan fingerprint density at radius 1 is 1.30 bits per heavy atom. The molecule has 0 bridgehead atoms. The first-order valence-electron chi connectivity index (χ1n) is 8.46. The van der Waals surface area contributed by atoms with Gasteiger partial charge in [-0.2, -0.15) is 0 Å². The fraction of sp³-hybridized carbons (Fsp3) is 0.706. The molecule has 1 aromatic rings. The van der Waals surface area contributed by atoms with E-state index in [0.717, 1.165) is 62.0 Å². The number of amides is 1. The van der Waals surface area contributed by atoms with Crippen molar-refractivity contribution in [2.45, 2.75) is 37.8 Å². The van der Waals surface area contributed by atoms with Crippen molar-refractivity contribution >= 4 is 23.5 Å². The van der Waals surface area contributed by atoms with Crippen LogP contribution in [0.15, 0.2) is 11.2 Å². The molecule has 6 heteroatoms. The zero-order valence-electron chi connectivity index (χ0n) is 14.3. The van der Waals surface area contributed by atoms with Gasteiger partial charge in [0.1, 0.15) is 5.82 Å². The summed E-state index contributed by atoms with van der Waals surface area (Å²) in [6, 6.07) is 2.07. The van der Waals surface area contributed by atoms with Gasteiger partial charge in [-0.05, 0) is 44.8 Å². The van der Waals surface area contributed by atoms with Gasteiger partial charge in [0.15, 0.2) is 5.16 Å². The molecule has 1 saturated carbocycles. The van der Waals surface area contributed by atoms with Gasteiger partial charge in [-0.3, -0.25) is 4.79 Å². The van der Waals surface area contributed by atoms with E-state index < -0.39 is 0 Å². The smallest absolute Gasteiger partial charge is 0.225 e. The van der Waals surface area contributed by atoms with E-state index in [1.807, 2.05) is 25.1 Å². The number of piperidine rings is 1. The molecule has 2 aliphatic rings. The lowest BCUT2D eigenvalue weighted by atomic mass is 9.96. The molecule has 126 valence electrons. The Bertz CT molecular complexity index is 568. The highest BCUT2D eigenvalue weighted by Gasteiger charge is 2.33. The van der Waals surface area contributed by atoms with E-state index in [2.05, 4.69) is 20.9 Å². The number of aryl methyl sites for hydroxylation is 1. The van der Waals surface area contributed by atoms with Crippen LogP contribution < -0.4 is 4.90 Å². The molecule has 2 fully saturated rings. The van der Waals surface area contributed by atoms with E-state index in [1.165, 1.54) is 0 Å². The van der Waals surface area contributed by atoms with Crippen molar-refractivity contribution in [2.24, 2.45) is 11.8 Å². The van der Waals surface area contributed by atoms with Crippen molar-refractivity contribution in [2.75, 3.05) is 37.8 Å². The van der Waals surface area contributed by atoms with Crippen LogP contribution >= 0.6 is 11.8 Å². The van der Waals surface area contributed by atoms with Crippen molar-refractivity contribution in [3.8, 4) is 0 Å². The molecule has 0 aromatic carbocycles. The van der Waals surface area contributed by atoms with Crippen molar-refractivity contribution in [1.29, 1.82) is 0 Å².